The zero-order chi connectivity index (χ0) is 18.6. The smallest absolute Gasteiger partial charge is 0.135 e. The van der Waals surface area contributed by atoms with Crippen LogP contribution in [0.3, 0.4) is 0 Å². The van der Waals surface area contributed by atoms with Gasteiger partial charge in [-0.15, -0.1) is 11.3 Å². The normalized spacial score (nSPS) is 10.7. The van der Waals surface area contributed by atoms with Crippen LogP contribution in [0.25, 0.3) is 21.8 Å². The Labute approximate surface area is 166 Å². The molecule has 0 fully saturated rings. The molecule has 0 radical (unpaired) electrons. The molecule has 27 heavy (non-hydrogen) atoms. The maximum atomic E-state index is 6.08. The van der Waals surface area contributed by atoms with Crippen LogP contribution in [0.4, 0.5) is 11.5 Å². The Morgan fingerprint density at radius 2 is 1.93 bits per heavy atom. The second-order valence-corrected chi connectivity index (χ2v) is 7.08. The molecule has 0 aliphatic heterocycles. The third kappa shape index (κ3) is 4.13. The molecule has 3 heterocycles. The number of hydrogen-bond donors (Lipinski definition) is 1. The number of halogens is 1. The molecule has 4 rings (SSSR count). The lowest BCUT2D eigenvalue weighted by Gasteiger charge is -2.08. The van der Waals surface area contributed by atoms with Crippen molar-refractivity contribution in [3.05, 3.63) is 71.2 Å². The second-order valence-electron chi connectivity index (χ2n) is 5.83. The van der Waals surface area contributed by atoms with E-state index in [0.29, 0.717) is 16.8 Å². The van der Waals surface area contributed by atoms with E-state index in [1.807, 2.05) is 49.5 Å². The number of aromatic nitrogens is 4. The summed E-state index contributed by atoms with van der Waals surface area (Å²) >= 11 is 7.68. The molecule has 0 saturated heterocycles. The minimum Gasteiger partial charge on any atom is -0.340 e. The van der Waals surface area contributed by atoms with Crippen LogP contribution in [-0.2, 0) is 6.42 Å². The van der Waals surface area contributed by atoms with Gasteiger partial charge in [-0.25, -0.2) is 15.0 Å². The number of anilines is 2. The first kappa shape index (κ1) is 17.6. The maximum Gasteiger partial charge on any atom is 0.135 e. The highest BCUT2D eigenvalue weighted by Crippen LogP contribution is 2.30. The largest absolute Gasteiger partial charge is 0.340 e. The van der Waals surface area contributed by atoms with Gasteiger partial charge in [-0.2, -0.15) is 0 Å². The molecule has 0 atom stereocenters. The number of benzene rings is 1. The third-order valence-corrected chi connectivity index (χ3v) is 4.99. The van der Waals surface area contributed by atoms with Crippen molar-refractivity contribution in [2.45, 2.75) is 13.3 Å². The van der Waals surface area contributed by atoms with E-state index >= 15 is 0 Å². The van der Waals surface area contributed by atoms with Gasteiger partial charge in [0.15, 0.2) is 0 Å². The van der Waals surface area contributed by atoms with Gasteiger partial charge in [-0.1, -0.05) is 30.7 Å². The predicted octanol–water partition coefficient (Wildman–Crippen LogP) is 5.62. The van der Waals surface area contributed by atoms with Crippen LogP contribution in [0.15, 0.2) is 60.2 Å². The van der Waals surface area contributed by atoms with Crippen LogP contribution in [0.1, 0.15) is 12.7 Å². The fourth-order valence-corrected chi connectivity index (χ4v) is 3.64. The molecule has 4 aromatic rings. The fourth-order valence-electron chi connectivity index (χ4n) is 2.62. The van der Waals surface area contributed by atoms with Crippen molar-refractivity contribution in [1.82, 2.24) is 19.9 Å². The molecule has 0 bridgehead atoms. The minimum atomic E-state index is 0.432. The average molecular weight is 394 g/mol. The van der Waals surface area contributed by atoms with E-state index in [2.05, 4.69) is 25.6 Å². The van der Waals surface area contributed by atoms with Crippen molar-refractivity contribution >= 4 is 34.4 Å². The highest BCUT2D eigenvalue weighted by Gasteiger charge is 2.08. The van der Waals surface area contributed by atoms with E-state index in [4.69, 9.17) is 16.6 Å². The van der Waals surface area contributed by atoms with E-state index < -0.39 is 0 Å². The van der Waals surface area contributed by atoms with Gasteiger partial charge in [0.1, 0.15) is 21.8 Å². The summed E-state index contributed by atoms with van der Waals surface area (Å²) in [6, 6.07) is 13.7. The van der Waals surface area contributed by atoms with Crippen molar-refractivity contribution in [2.24, 2.45) is 0 Å². The molecule has 3 aromatic heterocycles. The van der Waals surface area contributed by atoms with E-state index in [1.54, 1.807) is 23.6 Å². The zero-order valence-electron chi connectivity index (χ0n) is 14.6. The van der Waals surface area contributed by atoms with Crippen LogP contribution < -0.4 is 5.32 Å². The average Bonchev–Trinajstić information content (AvgIpc) is 3.19. The number of thiazole rings is 1. The Kier molecular flexibility index (Phi) is 5.09. The van der Waals surface area contributed by atoms with Crippen molar-refractivity contribution < 1.29 is 0 Å². The molecule has 0 aliphatic carbocycles. The van der Waals surface area contributed by atoms with Gasteiger partial charge in [0.2, 0.25) is 0 Å². The highest BCUT2D eigenvalue weighted by molar-refractivity contribution is 7.13. The van der Waals surface area contributed by atoms with Crippen LogP contribution in [0, 0.1) is 0 Å². The lowest BCUT2D eigenvalue weighted by molar-refractivity contribution is 0.943. The molecule has 7 heteroatoms. The SMILES string of the molecule is CCc1nc(Cl)cc(Nc2cccc(-c3csc(-c4cccnc4)n3)c2)n1. The fraction of sp³-hybridized carbons (Fsp3) is 0.100. The van der Waals surface area contributed by atoms with E-state index in [9.17, 15) is 0 Å². The minimum absolute atomic E-state index is 0.432. The van der Waals surface area contributed by atoms with Crippen molar-refractivity contribution in [2.75, 3.05) is 5.32 Å². The van der Waals surface area contributed by atoms with Gasteiger partial charge in [0, 0.05) is 47.1 Å². The lowest BCUT2D eigenvalue weighted by Crippen LogP contribution is -1.99. The standard InChI is InChI=1S/C20H16ClN5S/c1-2-18-25-17(21)10-19(26-18)23-15-7-3-5-13(9-15)16-12-27-20(24-16)14-6-4-8-22-11-14/h3-12H,2H2,1H3,(H,23,25,26). The van der Waals surface area contributed by atoms with Crippen LogP contribution in [-0.4, -0.2) is 19.9 Å². The number of aryl methyl sites for hydroxylation is 1. The lowest BCUT2D eigenvalue weighted by atomic mass is 10.1. The molecule has 1 aromatic carbocycles. The van der Waals surface area contributed by atoms with Crippen molar-refractivity contribution in [1.29, 1.82) is 0 Å². The van der Waals surface area contributed by atoms with Gasteiger partial charge in [0.25, 0.3) is 0 Å². The summed E-state index contributed by atoms with van der Waals surface area (Å²) in [6.07, 6.45) is 4.31. The summed E-state index contributed by atoms with van der Waals surface area (Å²) < 4.78 is 0. The van der Waals surface area contributed by atoms with E-state index in [-0.39, 0.29) is 0 Å². The molecular formula is C20H16ClN5S. The monoisotopic (exact) mass is 393 g/mol. The van der Waals surface area contributed by atoms with Gasteiger partial charge in [-0.3, -0.25) is 4.98 Å². The second kappa shape index (κ2) is 7.82. The first-order valence-electron chi connectivity index (χ1n) is 8.48. The van der Waals surface area contributed by atoms with Crippen molar-refractivity contribution in [3.8, 4) is 21.8 Å². The van der Waals surface area contributed by atoms with Crippen LogP contribution in [0.2, 0.25) is 5.15 Å². The first-order valence-corrected chi connectivity index (χ1v) is 9.74. The number of rotatable bonds is 5. The molecule has 0 saturated carbocycles. The quantitative estimate of drug-likeness (QED) is 0.446. The molecule has 5 nitrogen and oxygen atoms in total. The van der Waals surface area contributed by atoms with Crippen molar-refractivity contribution in [3.63, 3.8) is 0 Å². The third-order valence-electron chi connectivity index (χ3n) is 3.90. The highest BCUT2D eigenvalue weighted by atomic mass is 35.5. The Hall–Kier alpha value is -2.83. The molecule has 0 spiro atoms. The summed E-state index contributed by atoms with van der Waals surface area (Å²) in [6.45, 7) is 2.00. The zero-order valence-corrected chi connectivity index (χ0v) is 16.1. The Morgan fingerprint density at radius 1 is 1.04 bits per heavy atom. The summed E-state index contributed by atoms with van der Waals surface area (Å²) in [5.41, 5.74) is 3.89. The Morgan fingerprint density at radius 3 is 2.74 bits per heavy atom. The number of hydrogen-bond acceptors (Lipinski definition) is 6. The Balaban J connectivity index is 1.60. The molecule has 0 aliphatic rings. The summed E-state index contributed by atoms with van der Waals surface area (Å²) in [4.78, 5) is 17.6. The maximum absolute atomic E-state index is 6.08. The molecule has 0 unspecified atom stereocenters. The molecule has 0 amide bonds. The Bertz CT molecular complexity index is 1060. The van der Waals surface area contributed by atoms with Gasteiger partial charge in [0.05, 0.1) is 5.69 Å². The van der Waals surface area contributed by atoms with Gasteiger partial charge >= 0.3 is 0 Å². The van der Waals surface area contributed by atoms with E-state index in [1.165, 1.54) is 0 Å². The van der Waals surface area contributed by atoms with Gasteiger partial charge < -0.3 is 5.32 Å². The molecular weight excluding hydrogens is 378 g/mol. The molecule has 1 N–H and O–H groups in total. The van der Waals surface area contributed by atoms with Gasteiger partial charge in [-0.05, 0) is 24.3 Å². The summed E-state index contributed by atoms with van der Waals surface area (Å²) in [5.74, 6) is 1.39. The number of pyridine rings is 1. The van der Waals surface area contributed by atoms with Crippen LogP contribution >= 0.6 is 22.9 Å². The predicted molar refractivity (Wildman–Crippen MR) is 110 cm³/mol. The summed E-state index contributed by atoms with van der Waals surface area (Å²) in [7, 11) is 0. The first-order chi connectivity index (χ1) is 13.2. The summed E-state index contributed by atoms with van der Waals surface area (Å²) in [5, 5.41) is 6.73. The number of nitrogens with one attached hydrogen (secondary N) is 1. The topological polar surface area (TPSA) is 63.6 Å². The van der Waals surface area contributed by atoms with Crippen LogP contribution in [0.5, 0.6) is 0 Å². The molecule has 134 valence electrons. The number of nitrogens with zero attached hydrogens (tertiary/aromatic N) is 4. The van der Waals surface area contributed by atoms with E-state index in [0.717, 1.165) is 33.9 Å².